The topological polar surface area (TPSA) is 61.4 Å². The summed E-state index contributed by atoms with van der Waals surface area (Å²) in [6.07, 6.45) is -4.13. The molecule has 0 radical (unpaired) electrons. The number of hydrogen-bond donors (Lipinski definition) is 1. The lowest BCUT2D eigenvalue weighted by molar-refractivity contribution is -0.274. The van der Waals surface area contributed by atoms with Crippen molar-refractivity contribution in [2.24, 2.45) is 0 Å². The van der Waals surface area contributed by atoms with Gasteiger partial charge in [0.1, 0.15) is 10.8 Å². The molecule has 0 saturated carbocycles. The van der Waals surface area contributed by atoms with Gasteiger partial charge in [0.15, 0.2) is 11.2 Å². The number of nitrogens with one attached hydrogen (secondary N) is 1. The third-order valence-corrected chi connectivity index (χ3v) is 5.40. The first-order chi connectivity index (χ1) is 10.3. The van der Waals surface area contributed by atoms with Gasteiger partial charge in [0.05, 0.1) is 5.56 Å². The van der Waals surface area contributed by atoms with E-state index in [-0.39, 0.29) is 5.75 Å². The van der Waals surface area contributed by atoms with Gasteiger partial charge in [-0.15, -0.1) is 13.2 Å². The van der Waals surface area contributed by atoms with E-state index in [4.69, 9.17) is 0 Å². The summed E-state index contributed by atoms with van der Waals surface area (Å²) in [6, 6.07) is 6.24. The Morgan fingerprint density at radius 2 is 1.95 bits per heavy atom. The van der Waals surface area contributed by atoms with Crippen LogP contribution in [0.1, 0.15) is 10.4 Å². The summed E-state index contributed by atoms with van der Waals surface area (Å²) in [7, 11) is 1.63. The molecule has 0 saturated heterocycles. The van der Waals surface area contributed by atoms with Gasteiger partial charge in [-0.3, -0.25) is 4.79 Å². The zero-order valence-electron chi connectivity index (χ0n) is 11.1. The van der Waals surface area contributed by atoms with E-state index in [0.29, 0.717) is 26.0 Å². The van der Waals surface area contributed by atoms with Crippen LogP contribution in [0.3, 0.4) is 0 Å². The molecule has 0 spiro atoms. The zero-order chi connectivity index (χ0) is 16.3. The second-order valence-electron chi connectivity index (χ2n) is 4.01. The number of ether oxygens (including phenoxy) is 1. The minimum atomic E-state index is -4.77. The average molecular weight is 349 g/mol. The molecular formula is C13H10F3NO3S2. The van der Waals surface area contributed by atoms with E-state index < -0.39 is 17.5 Å². The van der Waals surface area contributed by atoms with Crippen molar-refractivity contribution in [3.05, 3.63) is 35.9 Å². The third kappa shape index (κ3) is 3.93. The van der Waals surface area contributed by atoms with Crippen molar-refractivity contribution >= 4 is 33.8 Å². The zero-order valence-corrected chi connectivity index (χ0v) is 12.8. The molecule has 9 heteroatoms. The lowest BCUT2D eigenvalue weighted by atomic mass is 10.3. The summed E-state index contributed by atoms with van der Waals surface area (Å²) in [6.45, 7) is 0. The van der Waals surface area contributed by atoms with Crippen molar-refractivity contribution in [3.8, 4) is 5.75 Å². The van der Waals surface area contributed by atoms with Gasteiger partial charge in [-0.1, -0.05) is 11.3 Å². The molecule has 1 heterocycles. The van der Waals surface area contributed by atoms with E-state index in [1.165, 1.54) is 18.2 Å². The van der Waals surface area contributed by atoms with Gasteiger partial charge in [0, 0.05) is 24.3 Å². The maximum absolute atomic E-state index is 12.4. The fourth-order valence-electron chi connectivity index (χ4n) is 1.64. The highest BCUT2D eigenvalue weighted by Gasteiger charge is 2.31. The smallest absolute Gasteiger partial charge is 0.573 e. The summed E-state index contributed by atoms with van der Waals surface area (Å²) in [5.41, 5.74) is 0.382. The van der Waals surface area contributed by atoms with E-state index in [1.807, 2.05) is 0 Å². The van der Waals surface area contributed by atoms with Crippen molar-refractivity contribution in [2.75, 3.05) is 12.4 Å². The number of carbonyl (C=O) groups is 1. The molecule has 0 amide bonds. The van der Waals surface area contributed by atoms with E-state index >= 15 is 0 Å². The molecule has 1 unspecified atom stereocenters. The largest absolute Gasteiger partial charge is 0.606 e. The lowest BCUT2D eigenvalue weighted by Crippen LogP contribution is -2.17. The van der Waals surface area contributed by atoms with Crippen LogP contribution in [0.15, 0.2) is 39.4 Å². The second-order valence-corrected chi connectivity index (χ2v) is 6.76. The molecule has 2 aromatic rings. The number of carbonyl (C=O) groups excluding carboxylic acids is 1. The predicted molar refractivity (Wildman–Crippen MR) is 77.1 cm³/mol. The fourth-order valence-corrected chi connectivity index (χ4v) is 4.04. The van der Waals surface area contributed by atoms with Crippen LogP contribution in [-0.4, -0.2) is 24.2 Å². The first kappa shape index (κ1) is 16.7. The minimum absolute atomic E-state index is 0.316. The third-order valence-electron chi connectivity index (χ3n) is 2.55. The van der Waals surface area contributed by atoms with Gasteiger partial charge < -0.3 is 14.6 Å². The summed E-state index contributed by atoms with van der Waals surface area (Å²) in [5, 5.41) is 3.39. The first-order valence-corrected chi connectivity index (χ1v) is 7.85. The van der Waals surface area contributed by atoms with E-state index in [0.717, 1.165) is 23.5 Å². The van der Waals surface area contributed by atoms with Crippen LogP contribution in [0.5, 0.6) is 5.75 Å². The summed E-state index contributed by atoms with van der Waals surface area (Å²) in [4.78, 5) is 11.2. The maximum Gasteiger partial charge on any atom is 0.573 e. The predicted octanol–water partition coefficient (Wildman–Crippen LogP) is 3.67. The molecule has 118 valence electrons. The molecule has 1 atom stereocenters. The van der Waals surface area contributed by atoms with Gasteiger partial charge in [-0.25, -0.2) is 0 Å². The normalized spacial score (nSPS) is 12.8. The molecule has 2 rings (SSSR count). The monoisotopic (exact) mass is 349 g/mol. The summed E-state index contributed by atoms with van der Waals surface area (Å²) >= 11 is -0.441. The first-order valence-electron chi connectivity index (χ1n) is 5.88. The highest BCUT2D eigenvalue weighted by atomic mass is 32.2. The molecular weight excluding hydrogens is 339 g/mol. The van der Waals surface area contributed by atoms with Gasteiger partial charge in [-0.2, -0.15) is 0 Å². The Hall–Kier alpha value is -1.71. The standard InChI is InChI=1S/C13H10F3NO3S2/c1-17-12-8(7-18)6-11(21-12)22(19)10-4-2-9(3-5-10)20-13(14,15)16/h2-7,17H,1H3. The number of anilines is 1. The fraction of sp³-hybridized carbons (Fsp3) is 0.154. The second kappa shape index (κ2) is 6.59. The van der Waals surface area contributed by atoms with Crippen molar-refractivity contribution in [3.63, 3.8) is 0 Å². The average Bonchev–Trinajstić information content (AvgIpc) is 2.89. The van der Waals surface area contributed by atoms with Crippen LogP contribution >= 0.6 is 11.3 Å². The van der Waals surface area contributed by atoms with Gasteiger partial charge in [0.25, 0.3) is 0 Å². The molecule has 1 N–H and O–H groups in total. The molecule has 1 aromatic carbocycles. The summed E-state index contributed by atoms with van der Waals surface area (Å²) < 4.78 is 52.7. The Morgan fingerprint density at radius 3 is 2.41 bits per heavy atom. The highest BCUT2D eigenvalue weighted by Crippen LogP contribution is 2.34. The molecule has 0 bridgehead atoms. The number of aldehydes is 1. The Morgan fingerprint density at radius 1 is 1.32 bits per heavy atom. The van der Waals surface area contributed by atoms with Crippen molar-refractivity contribution in [1.29, 1.82) is 0 Å². The van der Waals surface area contributed by atoms with Crippen molar-refractivity contribution in [1.82, 2.24) is 0 Å². The molecule has 22 heavy (non-hydrogen) atoms. The van der Waals surface area contributed by atoms with Gasteiger partial charge in [0.2, 0.25) is 4.21 Å². The Bertz CT molecular complexity index is 656. The summed E-state index contributed by atoms with van der Waals surface area (Å²) in [5.74, 6) is -0.385. The van der Waals surface area contributed by atoms with Crippen LogP contribution in [0.4, 0.5) is 18.2 Å². The number of thiophene rings is 1. The van der Waals surface area contributed by atoms with Gasteiger partial charge in [-0.05, 0) is 24.3 Å². The molecule has 1 aromatic heterocycles. The van der Waals surface area contributed by atoms with Crippen molar-refractivity contribution in [2.45, 2.75) is 15.5 Å². The van der Waals surface area contributed by atoms with E-state index in [2.05, 4.69) is 10.1 Å². The van der Waals surface area contributed by atoms with Crippen LogP contribution in [-0.2, 0) is 11.2 Å². The quantitative estimate of drug-likeness (QED) is 0.661. The number of hydrogen-bond acceptors (Lipinski definition) is 5. The number of halogens is 3. The molecule has 0 aliphatic rings. The van der Waals surface area contributed by atoms with Crippen LogP contribution in [0, 0.1) is 0 Å². The maximum atomic E-state index is 12.4. The number of alkyl halides is 3. The number of rotatable bonds is 5. The van der Waals surface area contributed by atoms with Crippen LogP contribution in [0.25, 0.3) is 0 Å². The molecule has 0 fully saturated rings. The van der Waals surface area contributed by atoms with Gasteiger partial charge >= 0.3 is 6.36 Å². The molecule has 0 aliphatic carbocycles. The molecule has 0 aliphatic heterocycles. The SMILES string of the molecule is CNc1sc([S+]([O-])c2ccc(OC(F)(F)F)cc2)cc1C=O. The Balaban J connectivity index is 2.20. The van der Waals surface area contributed by atoms with Crippen LogP contribution in [0.2, 0.25) is 0 Å². The van der Waals surface area contributed by atoms with E-state index in [9.17, 15) is 22.5 Å². The lowest BCUT2D eigenvalue weighted by Gasteiger charge is -2.10. The number of benzene rings is 1. The van der Waals surface area contributed by atoms with Crippen LogP contribution < -0.4 is 10.1 Å². The minimum Gasteiger partial charge on any atom is -0.606 e. The molecule has 4 nitrogen and oxygen atoms in total. The Kier molecular flexibility index (Phi) is 4.99. The van der Waals surface area contributed by atoms with E-state index in [1.54, 1.807) is 7.05 Å². The Labute approximate surface area is 131 Å². The highest BCUT2D eigenvalue weighted by molar-refractivity contribution is 7.93. The van der Waals surface area contributed by atoms with Crippen molar-refractivity contribution < 1.29 is 27.3 Å².